The first kappa shape index (κ1) is 27.2. The van der Waals surface area contributed by atoms with Gasteiger partial charge in [0.2, 0.25) is 0 Å². The Morgan fingerprint density at radius 3 is 2.82 bits per heavy atom. The first-order chi connectivity index (χ1) is 15.6. The molecule has 2 aromatic rings. The zero-order valence-electron chi connectivity index (χ0n) is 19.7. The number of benzene rings is 2. The molecule has 1 aliphatic heterocycles. The van der Waals surface area contributed by atoms with Gasteiger partial charge < -0.3 is 30.0 Å². The molecule has 0 aliphatic carbocycles. The Morgan fingerprint density at radius 2 is 2.09 bits per heavy atom. The van der Waals surface area contributed by atoms with Crippen molar-refractivity contribution in [2.45, 2.75) is 32.9 Å². The summed E-state index contributed by atoms with van der Waals surface area (Å²) in [7, 11) is 1.62. The average molecular weight is 569 g/mol. The summed E-state index contributed by atoms with van der Waals surface area (Å²) in [6.07, 6.45) is 0.365. The molecule has 3 rings (SSSR count). The van der Waals surface area contributed by atoms with Crippen molar-refractivity contribution >= 4 is 29.9 Å². The van der Waals surface area contributed by atoms with Gasteiger partial charge in [0.25, 0.3) is 0 Å². The largest absolute Gasteiger partial charge is 0.497 e. The van der Waals surface area contributed by atoms with Crippen LogP contribution in [-0.4, -0.2) is 51.1 Å². The quantitative estimate of drug-likeness (QED) is 0.229. The van der Waals surface area contributed by atoms with Gasteiger partial charge in [0.05, 0.1) is 33.0 Å². The summed E-state index contributed by atoms with van der Waals surface area (Å²) >= 11 is 0. The van der Waals surface area contributed by atoms with E-state index in [4.69, 9.17) is 19.2 Å². The molecule has 2 aromatic carbocycles. The van der Waals surface area contributed by atoms with Crippen LogP contribution in [0.5, 0.6) is 11.5 Å². The molecule has 1 fully saturated rings. The van der Waals surface area contributed by atoms with Gasteiger partial charge in [-0.2, -0.15) is 0 Å². The van der Waals surface area contributed by atoms with Crippen LogP contribution in [0.25, 0.3) is 0 Å². The number of halogens is 1. The summed E-state index contributed by atoms with van der Waals surface area (Å²) in [5.74, 6) is 2.68. The van der Waals surface area contributed by atoms with Crippen molar-refractivity contribution < 1.29 is 19.3 Å². The highest BCUT2D eigenvalue weighted by molar-refractivity contribution is 14.0. The second kappa shape index (κ2) is 14.3. The van der Waals surface area contributed by atoms with Crippen LogP contribution in [0.1, 0.15) is 36.1 Å². The van der Waals surface area contributed by atoms with Crippen molar-refractivity contribution in [3.05, 3.63) is 59.2 Å². The van der Waals surface area contributed by atoms with E-state index in [1.54, 1.807) is 7.11 Å². The minimum atomic E-state index is -0.680. The van der Waals surface area contributed by atoms with E-state index in [-0.39, 0.29) is 24.0 Å². The molecule has 0 amide bonds. The van der Waals surface area contributed by atoms with E-state index in [2.05, 4.69) is 35.8 Å². The van der Waals surface area contributed by atoms with E-state index in [1.807, 2.05) is 31.2 Å². The molecule has 1 heterocycles. The van der Waals surface area contributed by atoms with Crippen molar-refractivity contribution in [2.24, 2.45) is 10.9 Å². The number of hydrogen-bond donors (Lipinski definition) is 3. The summed E-state index contributed by atoms with van der Waals surface area (Å²) in [5.41, 5.74) is 2.97. The molecule has 8 heteroatoms. The zero-order valence-corrected chi connectivity index (χ0v) is 22.0. The fraction of sp³-hybridized carbons (Fsp3) is 0.480. The van der Waals surface area contributed by atoms with Gasteiger partial charge >= 0.3 is 0 Å². The average Bonchev–Trinajstić information content (AvgIpc) is 3.34. The van der Waals surface area contributed by atoms with Gasteiger partial charge in [0.15, 0.2) is 5.96 Å². The molecule has 0 radical (unpaired) electrons. The van der Waals surface area contributed by atoms with Crippen LogP contribution in [0.15, 0.2) is 47.5 Å². The summed E-state index contributed by atoms with van der Waals surface area (Å²) in [5, 5.41) is 17.0. The molecular formula is C25H36IN3O4. The maximum atomic E-state index is 10.6. The number of aryl methyl sites for hydroxylation is 1. The van der Waals surface area contributed by atoms with E-state index in [0.29, 0.717) is 31.6 Å². The van der Waals surface area contributed by atoms with Crippen molar-refractivity contribution in [3.63, 3.8) is 0 Å². The number of nitrogens with zero attached hydrogens (tertiary/aromatic N) is 1. The van der Waals surface area contributed by atoms with E-state index < -0.39 is 6.10 Å². The number of methoxy groups -OCH3 is 1. The Morgan fingerprint density at radius 1 is 1.24 bits per heavy atom. The van der Waals surface area contributed by atoms with Gasteiger partial charge in [-0.15, -0.1) is 24.0 Å². The van der Waals surface area contributed by atoms with E-state index in [0.717, 1.165) is 54.4 Å². The molecule has 0 aromatic heterocycles. The molecule has 0 bridgehead atoms. The minimum Gasteiger partial charge on any atom is -0.497 e. The Kier molecular flexibility index (Phi) is 11.8. The highest BCUT2D eigenvalue weighted by Crippen LogP contribution is 2.23. The Hall–Kier alpha value is -2.04. The van der Waals surface area contributed by atoms with E-state index in [1.165, 1.54) is 0 Å². The van der Waals surface area contributed by atoms with Crippen molar-refractivity contribution in [1.82, 2.24) is 10.6 Å². The molecule has 3 N–H and O–H groups in total. The predicted octanol–water partition coefficient (Wildman–Crippen LogP) is 3.83. The van der Waals surface area contributed by atoms with Gasteiger partial charge in [-0.3, -0.25) is 0 Å². The van der Waals surface area contributed by atoms with Gasteiger partial charge in [0.1, 0.15) is 11.5 Å². The number of aliphatic hydroxyl groups is 1. The number of rotatable bonds is 10. The molecule has 2 unspecified atom stereocenters. The molecule has 7 nitrogen and oxygen atoms in total. The third kappa shape index (κ3) is 8.68. The lowest BCUT2D eigenvalue weighted by Gasteiger charge is -2.17. The number of aliphatic hydroxyl groups excluding tert-OH is 1. The maximum Gasteiger partial charge on any atom is 0.191 e. The lowest BCUT2D eigenvalue weighted by atomic mass is 10.1. The first-order valence-corrected chi connectivity index (χ1v) is 11.2. The molecule has 0 saturated carbocycles. The highest BCUT2D eigenvalue weighted by Gasteiger charge is 2.17. The van der Waals surface area contributed by atoms with Gasteiger partial charge in [0, 0.05) is 31.2 Å². The summed E-state index contributed by atoms with van der Waals surface area (Å²) in [4.78, 5) is 4.71. The normalized spacial score (nSPS) is 16.6. The standard InChI is InChI=1S/C25H35N3O4.HI/c1-4-26-25(28-15-23(29)20-6-5-7-22(13-20)30-3)27-14-21-9-8-18(2)12-24(21)32-17-19-10-11-31-16-19;/h5-9,12-13,19,23,29H,4,10-11,14-17H2,1-3H3,(H2,26,27,28);1H. The predicted molar refractivity (Wildman–Crippen MR) is 142 cm³/mol. The second-order valence-corrected chi connectivity index (χ2v) is 8.02. The molecule has 0 spiro atoms. The number of ether oxygens (including phenoxy) is 3. The van der Waals surface area contributed by atoms with Gasteiger partial charge in [-0.25, -0.2) is 4.99 Å². The third-order valence-electron chi connectivity index (χ3n) is 5.41. The van der Waals surface area contributed by atoms with Gasteiger partial charge in [-0.1, -0.05) is 24.3 Å². The maximum absolute atomic E-state index is 10.6. The van der Waals surface area contributed by atoms with Crippen molar-refractivity contribution in [2.75, 3.05) is 40.0 Å². The Bertz CT molecular complexity index is 888. The number of guanidine groups is 1. The van der Waals surface area contributed by atoms with Crippen LogP contribution in [0, 0.1) is 12.8 Å². The van der Waals surface area contributed by atoms with Crippen molar-refractivity contribution in [1.29, 1.82) is 0 Å². The fourth-order valence-electron chi connectivity index (χ4n) is 3.52. The summed E-state index contributed by atoms with van der Waals surface area (Å²) < 4.78 is 16.8. The number of aliphatic imine (C=N–C) groups is 1. The third-order valence-corrected chi connectivity index (χ3v) is 5.41. The van der Waals surface area contributed by atoms with Crippen LogP contribution in [0.4, 0.5) is 0 Å². The molecule has 1 saturated heterocycles. The molecule has 182 valence electrons. The number of nitrogens with one attached hydrogen (secondary N) is 2. The topological polar surface area (TPSA) is 84.3 Å². The monoisotopic (exact) mass is 569 g/mol. The SMILES string of the molecule is CCNC(=NCc1ccc(C)cc1OCC1CCOC1)NCC(O)c1cccc(OC)c1.I. The van der Waals surface area contributed by atoms with Gasteiger partial charge in [-0.05, 0) is 49.6 Å². The molecule has 2 atom stereocenters. The molecule has 1 aliphatic rings. The van der Waals surface area contributed by atoms with Crippen LogP contribution in [-0.2, 0) is 11.3 Å². The Balaban J connectivity index is 0.00000385. The minimum absolute atomic E-state index is 0. The lowest BCUT2D eigenvalue weighted by Crippen LogP contribution is -2.39. The van der Waals surface area contributed by atoms with Crippen LogP contribution < -0.4 is 20.1 Å². The smallest absolute Gasteiger partial charge is 0.191 e. The molecular weight excluding hydrogens is 533 g/mol. The lowest BCUT2D eigenvalue weighted by molar-refractivity contribution is 0.166. The molecule has 33 heavy (non-hydrogen) atoms. The second-order valence-electron chi connectivity index (χ2n) is 8.02. The van der Waals surface area contributed by atoms with Crippen LogP contribution in [0.3, 0.4) is 0 Å². The Labute approximate surface area is 214 Å². The highest BCUT2D eigenvalue weighted by atomic mass is 127. The summed E-state index contributed by atoms with van der Waals surface area (Å²) in [6, 6.07) is 13.6. The van der Waals surface area contributed by atoms with Crippen LogP contribution in [0.2, 0.25) is 0 Å². The fourth-order valence-corrected chi connectivity index (χ4v) is 3.52. The van der Waals surface area contributed by atoms with Crippen LogP contribution >= 0.6 is 24.0 Å². The van der Waals surface area contributed by atoms with E-state index >= 15 is 0 Å². The van der Waals surface area contributed by atoms with Crippen molar-refractivity contribution in [3.8, 4) is 11.5 Å². The summed E-state index contributed by atoms with van der Waals surface area (Å²) in [6.45, 7) is 7.84. The zero-order chi connectivity index (χ0) is 22.8. The van der Waals surface area contributed by atoms with E-state index in [9.17, 15) is 5.11 Å². The number of hydrogen-bond acceptors (Lipinski definition) is 5. The first-order valence-electron chi connectivity index (χ1n) is 11.2.